The molecule has 10 aromatic rings. The second-order valence-electron chi connectivity index (χ2n) is 13.9. The van der Waals surface area contributed by atoms with Crippen LogP contribution in [0.2, 0.25) is 0 Å². The third-order valence-corrected chi connectivity index (χ3v) is 13.7. The molecule has 8 aromatic carbocycles. The molecule has 1 N–H and O–H groups in total. The lowest BCUT2D eigenvalue weighted by molar-refractivity contribution is 0.633. The van der Waals surface area contributed by atoms with Gasteiger partial charge in [-0.2, -0.15) is 0 Å². The molecule has 0 saturated carbocycles. The van der Waals surface area contributed by atoms with Gasteiger partial charge < -0.3 is 0 Å². The topological polar surface area (TPSA) is 58.9 Å². The zero-order chi connectivity index (χ0) is 37.5. The van der Waals surface area contributed by atoms with Crippen LogP contribution in [0.25, 0.3) is 77.6 Å². The second-order valence-corrected chi connectivity index (χ2v) is 16.7. The first-order valence-electron chi connectivity index (χ1n) is 18.7. The molecule has 0 radical (unpaired) electrons. The van der Waals surface area contributed by atoms with E-state index in [9.17, 15) is 4.89 Å². The molecule has 0 fully saturated rings. The van der Waals surface area contributed by atoms with E-state index in [1.165, 1.54) is 0 Å². The minimum absolute atomic E-state index is 0.667. The Kier molecular flexibility index (Phi) is 8.49. The smallest absolute Gasteiger partial charge is 0.238 e. The summed E-state index contributed by atoms with van der Waals surface area (Å²) in [5, 5.41) is 8.12. The number of hydrogen-bond donors (Lipinski definition) is 1. The molecule has 0 spiro atoms. The van der Waals surface area contributed by atoms with Crippen molar-refractivity contribution in [3.63, 3.8) is 0 Å². The maximum Gasteiger partial charge on any atom is 0.238 e. The quantitative estimate of drug-likeness (QED) is 0.131. The van der Waals surface area contributed by atoms with E-state index in [1.54, 1.807) is 0 Å². The number of hydrogen-bond acceptors (Lipinski definition) is 4. The monoisotopic (exact) mass is 736 g/mol. The zero-order valence-corrected chi connectivity index (χ0v) is 31.3. The van der Waals surface area contributed by atoms with Crippen LogP contribution in [0.3, 0.4) is 0 Å². The highest BCUT2D eigenvalue weighted by Crippen LogP contribution is 2.51. The van der Waals surface area contributed by atoms with Gasteiger partial charge >= 0.3 is 0 Å². The van der Waals surface area contributed by atoms with E-state index in [4.69, 9.17) is 15.0 Å². The van der Waals surface area contributed by atoms with Crippen LogP contribution in [0, 0.1) is 0 Å². The van der Waals surface area contributed by atoms with Crippen LogP contribution in [-0.2, 0) is 0 Å². The van der Waals surface area contributed by atoms with E-state index in [1.807, 2.05) is 103 Å². The normalized spacial score (nSPS) is 11.7. The van der Waals surface area contributed by atoms with Crippen LogP contribution in [0.5, 0.6) is 0 Å². The number of fused-ring (bicyclic) bond motifs is 5. The summed E-state index contributed by atoms with van der Waals surface area (Å²) >= 11 is 0. The first-order valence-corrected chi connectivity index (χ1v) is 20.5. The Morgan fingerprint density at radius 3 is 1.55 bits per heavy atom. The summed E-state index contributed by atoms with van der Waals surface area (Å²) in [4.78, 5) is 28.7. The van der Waals surface area contributed by atoms with E-state index in [0.29, 0.717) is 5.82 Å². The van der Waals surface area contributed by atoms with Crippen LogP contribution in [-0.4, -0.2) is 19.8 Å². The van der Waals surface area contributed by atoms with Gasteiger partial charge in [0.05, 0.1) is 22.6 Å². The van der Waals surface area contributed by atoms with Crippen LogP contribution >= 0.6 is 7.49 Å². The van der Waals surface area contributed by atoms with E-state index in [0.717, 1.165) is 87.7 Å². The van der Waals surface area contributed by atoms with Gasteiger partial charge in [-0.3, -0.25) is 0 Å². The van der Waals surface area contributed by atoms with Crippen molar-refractivity contribution in [2.45, 2.75) is 0 Å². The fourth-order valence-corrected chi connectivity index (χ4v) is 10.6. The lowest BCUT2D eigenvalue weighted by atomic mass is 9.91. The van der Waals surface area contributed by atoms with Gasteiger partial charge in [-0.25, -0.2) is 19.8 Å². The molecule has 264 valence electrons. The Labute approximate surface area is 325 Å². The highest BCUT2D eigenvalue weighted by Gasteiger charge is 2.44. The van der Waals surface area contributed by atoms with Crippen molar-refractivity contribution in [1.29, 1.82) is 0 Å². The SMILES string of the molecule is O[P+](c1ccccc1)(c1ccccc1)c1cccc(-c2nc3ccccc3c3c2cc(-c2cc(-c4ccccc4)nc(-c4ccccc4)n2)c2ccccc23)c1. The molecule has 0 unspecified atom stereocenters. The summed E-state index contributed by atoms with van der Waals surface area (Å²) in [7, 11) is -2.99. The van der Waals surface area contributed by atoms with Crippen molar-refractivity contribution in [2.75, 3.05) is 0 Å². The molecule has 0 atom stereocenters. The van der Waals surface area contributed by atoms with Crippen molar-refractivity contribution < 1.29 is 4.89 Å². The Hall–Kier alpha value is -6.84. The van der Waals surface area contributed by atoms with Gasteiger partial charge in [0, 0.05) is 38.4 Å². The molecule has 10 rings (SSSR count). The molecular formula is C51H35N3OP+. The molecule has 2 aromatic heterocycles. The van der Waals surface area contributed by atoms with Crippen molar-refractivity contribution in [3.8, 4) is 45.2 Å². The van der Waals surface area contributed by atoms with Crippen molar-refractivity contribution in [1.82, 2.24) is 15.0 Å². The van der Waals surface area contributed by atoms with Gasteiger partial charge in [0.15, 0.2) is 5.82 Å². The van der Waals surface area contributed by atoms with Crippen LogP contribution in [0.1, 0.15) is 0 Å². The highest BCUT2D eigenvalue weighted by molar-refractivity contribution is 7.91. The molecule has 56 heavy (non-hydrogen) atoms. The first kappa shape index (κ1) is 33.7. The lowest BCUT2D eigenvalue weighted by Crippen LogP contribution is -2.30. The molecule has 0 aliphatic carbocycles. The minimum atomic E-state index is -2.99. The van der Waals surface area contributed by atoms with E-state index in [-0.39, 0.29) is 0 Å². The Bertz CT molecular complexity index is 2930. The van der Waals surface area contributed by atoms with Crippen molar-refractivity contribution in [3.05, 3.63) is 206 Å². The van der Waals surface area contributed by atoms with Crippen LogP contribution in [0.4, 0.5) is 0 Å². The van der Waals surface area contributed by atoms with Crippen LogP contribution in [0.15, 0.2) is 206 Å². The summed E-state index contributed by atoms with van der Waals surface area (Å²) in [5.41, 5.74) is 7.35. The maximum absolute atomic E-state index is 12.9. The van der Waals surface area contributed by atoms with Crippen LogP contribution < -0.4 is 15.9 Å². The first-order chi connectivity index (χ1) is 27.6. The fourth-order valence-electron chi connectivity index (χ4n) is 7.89. The number of pyridine rings is 1. The number of rotatable bonds is 7. The summed E-state index contributed by atoms with van der Waals surface area (Å²) < 4.78 is 0. The summed E-state index contributed by atoms with van der Waals surface area (Å²) in [5.74, 6) is 0.667. The van der Waals surface area contributed by atoms with Crippen molar-refractivity contribution in [2.24, 2.45) is 0 Å². The third kappa shape index (κ3) is 5.84. The molecule has 2 heterocycles. The fraction of sp³-hybridized carbons (Fsp3) is 0. The highest BCUT2D eigenvalue weighted by atomic mass is 31.2. The second kappa shape index (κ2) is 14.1. The van der Waals surface area contributed by atoms with E-state index in [2.05, 4.69) is 103 Å². The molecule has 0 bridgehead atoms. The van der Waals surface area contributed by atoms with Gasteiger partial charge in [0.1, 0.15) is 15.9 Å². The van der Waals surface area contributed by atoms with E-state index >= 15 is 0 Å². The molecule has 0 aliphatic rings. The molecule has 5 heteroatoms. The zero-order valence-electron chi connectivity index (χ0n) is 30.4. The average Bonchev–Trinajstić information content (AvgIpc) is 3.29. The summed E-state index contributed by atoms with van der Waals surface area (Å²) in [6, 6.07) is 70.3. The molecular weight excluding hydrogens is 702 g/mol. The number of benzene rings is 8. The largest absolute Gasteiger partial charge is 0.247 e. The summed E-state index contributed by atoms with van der Waals surface area (Å²) in [6.45, 7) is 0. The summed E-state index contributed by atoms with van der Waals surface area (Å²) in [6.07, 6.45) is 0. The Morgan fingerprint density at radius 2 is 0.875 bits per heavy atom. The number of nitrogens with zero attached hydrogens (tertiary/aromatic N) is 3. The van der Waals surface area contributed by atoms with Gasteiger partial charge in [0.2, 0.25) is 7.49 Å². The molecule has 0 aliphatic heterocycles. The van der Waals surface area contributed by atoms with Gasteiger partial charge in [-0.15, -0.1) is 0 Å². The lowest BCUT2D eigenvalue weighted by Gasteiger charge is -2.21. The predicted octanol–water partition coefficient (Wildman–Crippen LogP) is 11.2. The average molecular weight is 737 g/mol. The predicted molar refractivity (Wildman–Crippen MR) is 235 cm³/mol. The molecule has 0 amide bonds. The van der Waals surface area contributed by atoms with Gasteiger partial charge in [0.25, 0.3) is 0 Å². The number of para-hydroxylation sites is 1. The number of aromatic nitrogens is 3. The maximum atomic E-state index is 12.9. The minimum Gasteiger partial charge on any atom is -0.247 e. The Morgan fingerprint density at radius 1 is 0.357 bits per heavy atom. The third-order valence-electron chi connectivity index (χ3n) is 10.6. The van der Waals surface area contributed by atoms with E-state index < -0.39 is 7.49 Å². The molecule has 4 nitrogen and oxygen atoms in total. The van der Waals surface area contributed by atoms with Gasteiger partial charge in [-0.1, -0.05) is 152 Å². The van der Waals surface area contributed by atoms with Gasteiger partial charge in [-0.05, 0) is 65.4 Å². The standard InChI is InChI=1S/C51H35N3OP/c55-56(38-23-9-3-10-24-38,39-25-11-4-12-26-39)40-27-17-22-37(32-40)50-45-33-44(41-28-13-14-29-42(41)49(45)43-30-15-16-31-46(43)52-50)48-34-47(35-18-5-1-6-19-35)53-51(54-48)36-20-7-2-8-21-36/h1-34,55H/q+1. The van der Waals surface area contributed by atoms with Crippen molar-refractivity contribution >= 4 is 55.9 Å². The Balaban J connectivity index is 1.27. The molecule has 0 saturated heterocycles.